The van der Waals surface area contributed by atoms with Crippen LogP contribution >= 0.6 is 0 Å². The summed E-state index contributed by atoms with van der Waals surface area (Å²) in [4.78, 5) is 44.3. The van der Waals surface area contributed by atoms with Crippen LogP contribution in [0.2, 0.25) is 0 Å². The number of rotatable bonds is 17. The fourth-order valence-electron chi connectivity index (χ4n) is 3.92. The third kappa shape index (κ3) is 11.0. The highest BCUT2D eigenvalue weighted by Gasteiger charge is 2.23. The lowest BCUT2D eigenvalue weighted by molar-refractivity contribution is -0.142. The minimum absolute atomic E-state index is 0.0494. The summed E-state index contributed by atoms with van der Waals surface area (Å²) in [5.41, 5.74) is 18.0. The lowest BCUT2D eigenvalue weighted by atomic mass is 10.1. The maximum Gasteiger partial charge on any atom is 0.326 e. The van der Waals surface area contributed by atoms with E-state index in [1.165, 1.54) is 0 Å². The number of aliphatic imine (C=N–C) groups is 1. The number of benzene rings is 1. The number of hydrogen-bond donors (Lipinski definition) is 7. The number of hydrogen-bond acceptors (Lipinski definition) is 8. The van der Waals surface area contributed by atoms with Gasteiger partial charge in [0.2, 0.25) is 11.8 Å². The van der Waals surface area contributed by atoms with Crippen LogP contribution in [0.3, 0.4) is 0 Å². The number of nitrogens with one attached hydrogen (secondary N) is 3. The highest BCUT2D eigenvalue weighted by Crippen LogP contribution is 2.28. The molecule has 0 bridgehead atoms. The molecule has 13 heteroatoms. The third-order valence-electron chi connectivity index (χ3n) is 6.03. The fourth-order valence-corrected chi connectivity index (χ4v) is 3.92. The molecule has 13 nitrogen and oxygen atoms in total. The smallest absolute Gasteiger partial charge is 0.326 e. The van der Waals surface area contributed by atoms with Gasteiger partial charge in [-0.25, -0.2) is 4.79 Å². The number of ether oxygens (including phenoxy) is 1. The Bertz CT molecular complexity index is 1140. The van der Waals surface area contributed by atoms with Crippen LogP contribution in [0.1, 0.15) is 45.4 Å². The Balaban J connectivity index is 1.72. The van der Waals surface area contributed by atoms with Crippen LogP contribution in [0.4, 0.5) is 5.69 Å². The maximum absolute atomic E-state index is 12.3. The number of aromatic nitrogens is 1. The molecule has 0 aliphatic rings. The van der Waals surface area contributed by atoms with Crippen molar-refractivity contribution in [1.29, 1.82) is 0 Å². The topological polar surface area (TPSA) is 220 Å². The molecule has 10 N–H and O–H groups in total. The molecule has 2 unspecified atom stereocenters. The molecule has 0 radical (unpaired) electrons. The normalized spacial score (nSPS) is 13.1. The van der Waals surface area contributed by atoms with Gasteiger partial charge in [-0.3, -0.25) is 19.6 Å². The van der Waals surface area contributed by atoms with Crippen LogP contribution in [0.25, 0.3) is 10.9 Å². The SMILES string of the molecule is COc1cc(NC(C)CCCNC(=O)CCC(NC(=O)[C@@H](N)CCCN=C(N)N)C(=O)O)c2ncccc2c1. The molecule has 0 saturated heterocycles. The minimum atomic E-state index is -1.23. The number of fused-ring (bicyclic) bond motifs is 1. The van der Waals surface area contributed by atoms with Gasteiger partial charge in [0.15, 0.2) is 5.96 Å². The second kappa shape index (κ2) is 16.0. The van der Waals surface area contributed by atoms with Crippen LogP contribution in [-0.4, -0.2) is 72.2 Å². The Morgan fingerprint density at radius 2 is 1.92 bits per heavy atom. The molecule has 39 heavy (non-hydrogen) atoms. The molecule has 0 saturated carbocycles. The fraction of sp³-hybridized carbons (Fsp3) is 0.500. The van der Waals surface area contributed by atoms with Gasteiger partial charge < -0.3 is 43.0 Å². The van der Waals surface area contributed by atoms with E-state index in [0.29, 0.717) is 25.9 Å². The van der Waals surface area contributed by atoms with Gasteiger partial charge in [0.1, 0.15) is 11.8 Å². The standard InChI is InChI=1S/C26H40N8O5/c1-16(33-21-15-18(39-2)14-17-7-4-12-31-23(17)21)6-3-11-30-22(35)10-9-20(25(37)38)34-24(36)19(27)8-5-13-32-26(28)29/h4,7,12,14-16,19-20,33H,3,5-6,8-11,13,27H2,1-2H3,(H,30,35)(H,34,36)(H,37,38)(H4,28,29,32)/t16?,19-,20?/m0/s1. The number of nitrogens with zero attached hydrogens (tertiary/aromatic N) is 2. The first-order chi connectivity index (χ1) is 18.6. The van der Waals surface area contributed by atoms with Crippen molar-refractivity contribution >= 4 is 40.3 Å². The molecular weight excluding hydrogens is 504 g/mol. The zero-order chi connectivity index (χ0) is 28.8. The number of methoxy groups -OCH3 is 1. The average Bonchev–Trinajstić information content (AvgIpc) is 2.90. The van der Waals surface area contributed by atoms with Crippen LogP contribution in [0.15, 0.2) is 35.5 Å². The van der Waals surface area contributed by atoms with Crippen LogP contribution in [0.5, 0.6) is 5.75 Å². The van der Waals surface area contributed by atoms with Gasteiger partial charge in [0, 0.05) is 43.2 Å². The van der Waals surface area contributed by atoms with E-state index in [-0.39, 0.29) is 37.2 Å². The molecule has 0 aliphatic carbocycles. The molecule has 0 fully saturated rings. The summed E-state index contributed by atoms with van der Waals surface area (Å²) in [6.45, 7) is 2.80. The van der Waals surface area contributed by atoms with E-state index in [1.54, 1.807) is 13.3 Å². The molecule has 214 valence electrons. The Hall–Kier alpha value is -4.13. The van der Waals surface area contributed by atoms with Crippen molar-refractivity contribution in [2.24, 2.45) is 22.2 Å². The molecule has 0 aliphatic heterocycles. The Labute approximate surface area is 227 Å². The average molecular weight is 545 g/mol. The van der Waals surface area contributed by atoms with Gasteiger partial charge in [0.05, 0.1) is 24.4 Å². The Morgan fingerprint density at radius 1 is 1.15 bits per heavy atom. The largest absolute Gasteiger partial charge is 0.497 e. The van der Waals surface area contributed by atoms with E-state index in [0.717, 1.165) is 28.8 Å². The van der Waals surface area contributed by atoms with Crippen LogP contribution < -0.4 is 37.9 Å². The van der Waals surface area contributed by atoms with Crippen LogP contribution in [-0.2, 0) is 14.4 Å². The summed E-state index contributed by atoms with van der Waals surface area (Å²) < 4.78 is 5.39. The number of carboxylic acid groups (broad SMARTS) is 1. The quantitative estimate of drug-likeness (QED) is 0.0838. The van der Waals surface area contributed by atoms with Crippen molar-refractivity contribution in [3.63, 3.8) is 0 Å². The number of pyridine rings is 1. The van der Waals surface area contributed by atoms with Gasteiger partial charge in [-0.2, -0.15) is 0 Å². The molecule has 1 aromatic heterocycles. The number of nitrogens with two attached hydrogens (primary N) is 3. The lowest BCUT2D eigenvalue weighted by Gasteiger charge is -2.18. The van der Waals surface area contributed by atoms with E-state index in [4.69, 9.17) is 21.9 Å². The molecule has 1 aromatic carbocycles. The maximum atomic E-state index is 12.3. The van der Waals surface area contributed by atoms with Gasteiger partial charge in [0.25, 0.3) is 0 Å². The van der Waals surface area contributed by atoms with Crippen molar-refractivity contribution in [2.75, 3.05) is 25.5 Å². The number of aliphatic carboxylic acids is 1. The highest BCUT2D eigenvalue weighted by atomic mass is 16.5. The summed E-state index contributed by atoms with van der Waals surface area (Å²) in [7, 11) is 1.62. The van der Waals surface area contributed by atoms with Crippen LogP contribution in [0, 0.1) is 0 Å². The van der Waals surface area contributed by atoms with E-state index in [9.17, 15) is 19.5 Å². The monoisotopic (exact) mass is 544 g/mol. The minimum Gasteiger partial charge on any atom is -0.497 e. The number of carbonyl (C=O) groups excluding carboxylic acids is 2. The van der Waals surface area contributed by atoms with Gasteiger partial charge in [-0.15, -0.1) is 0 Å². The zero-order valence-electron chi connectivity index (χ0n) is 22.5. The Kier molecular flexibility index (Phi) is 12.7. The summed E-state index contributed by atoms with van der Waals surface area (Å²) in [6.07, 6.45) is 3.88. The van der Waals surface area contributed by atoms with Crippen molar-refractivity contribution in [2.45, 2.75) is 63.6 Å². The molecule has 1 heterocycles. The number of carbonyl (C=O) groups is 3. The van der Waals surface area contributed by atoms with E-state index >= 15 is 0 Å². The second-order valence-corrected chi connectivity index (χ2v) is 9.28. The highest BCUT2D eigenvalue weighted by molar-refractivity contribution is 5.92. The summed E-state index contributed by atoms with van der Waals surface area (Å²) in [5, 5.41) is 19.1. The molecule has 3 atom stereocenters. The number of guanidine groups is 1. The number of anilines is 1. The molecular formula is C26H40N8O5. The third-order valence-corrected chi connectivity index (χ3v) is 6.03. The van der Waals surface area contributed by atoms with Crippen molar-refractivity contribution in [3.8, 4) is 5.75 Å². The first-order valence-electron chi connectivity index (χ1n) is 12.9. The van der Waals surface area contributed by atoms with Gasteiger partial charge >= 0.3 is 5.97 Å². The first kappa shape index (κ1) is 31.1. The second-order valence-electron chi connectivity index (χ2n) is 9.28. The van der Waals surface area contributed by atoms with Crippen molar-refractivity contribution in [3.05, 3.63) is 30.5 Å². The first-order valence-corrected chi connectivity index (χ1v) is 12.9. The predicted molar refractivity (Wildman–Crippen MR) is 150 cm³/mol. The molecule has 2 amide bonds. The molecule has 2 aromatic rings. The summed E-state index contributed by atoms with van der Waals surface area (Å²) >= 11 is 0. The number of carboxylic acids is 1. The van der Waals surface area contributed by atoms with Gasteiger partial charge in [-0.05, 0) is 51.2 Å². The zero-order valence-corrected chi connectivity index (χ0v) is 22.5. The predicted octanol–water partition coefficient (Wildman–Crippen LogP) is 0.671. The van der Waals surface area contributed by atoms with Crippen molar-refractivity contribution < 1.29 is 24.2 Å². The Morgan fingerprint density at radius 3 is 2.62 bits per heavy atom. The van der Waals surface area contributed by atoms with E-state index in [2.05, 4.69) is 25.9 Å². The summed E-state index contributed by atoms with van der Waals surface area (Å²) in [6, 6.07) is 5.67. The molecule has 2 rings (SSSR count). The van der Waals surface area contributed by atoms with E-state index < -0.39 is 24.0 Å². The number of amides is 2. The lowest BCUT2D eigenvalue weighted by Crippen LogP contribution is -2.48. The van der Waals surface area contributed by atoms with Gasteiger partial charge in [-0.1, -0.05) is 6.07 Å². The molecule has 0 spiro atoms. The van der Waals surface area contributed by atoms with Crippen molar-refractivity contribution in [1.82, 2.24) is 15.6 Å². The van der Waals surface area contributed by atoms with E-state index in [1.807, 2.05) is 31.2 Å². The summed E-state index contributed by atoms with van der Waals surface area (Å²) in [5.74, 6) is -1.45.